The molecular weight excluding hydrogens is 242 g/mol. The molecule has 1 heterocycles. The van der Waals surface area contributed by atoms with Crippen molar-refractivity contribution in [3.8, 4) is 0 Å². The Kier molecular flexibility index (Phi) is 3.75. The molecule has 0 aliphatic rings. The van der Waals surface area contributed by atoms with Crippen LogP contribution in [-0.4, -0.2) is 9.91 Å². The van der Waals surface area contributed by atoms with Gasteiger partial charge in [0.15, 0.2) is 0 Å². The molecule has 0 saturated heterocycles. The zero-order valence-electron chi connectivity index (χ0n) is 10.9. The highest BCUT2D eigenvalue weighted by molar-refractivity contribution is 5.55. The van der Waals surface area contributed by atoms with E-state index in [4.69, 9.17) is 0 Å². The summed E-state index contributed by atoms with van der Waals surface area (Å²) in [7, 11) is 0. The Bertz CT molecular complexity index is 594. The number of nitro groups is 1. The molecule has 1 N–H and O–H groups in total. The number of nitrogens with one attached hydrogen (secondary N) is 1. The quantitative estimate of drug-likeness (QED) is 0.674. The first-order valence-electron chi connectivity index (χ1n) is 5.97. The summed E-state index contributed by atoms with van der Waals surface area (Å²) in [5.41, 5.74) is 3.92. The van der Waals surface area contributed by atoms with E-state index in [0.29, 0.717) is 6.54 Å². The van der Waals surface area contributed by atoms with Crippen LogP contribution in [0.1, 0.15) is 16.8 Å². The number of aryl methyl sites for hydroxylation is 2. The van der Waals surface area contributed by atoms with Crippen LogP contribution in [0.4, 0.5) is 11.4 Å². The Morgan fingerprint density at radius 3 is 2.63 bits per heavy atom. The molecule has 1 aromatic carbocycles. The Morgan fingerprint density at radius 1 is 1.26 bits per heavy atom. The number of rotatable bonds is 4. The molecule has 19 heavy (non-hydrogen) atoms. The smallest absolute Gasteiger partial charge is 0.269 e. The van der Waals surface area contributed by atoms with E-state index < -0.39 is 0 Å². The molecule has 0 bridgehead atoms. The van der Waals surface area contributed by atoms with Crippen LogP contribution in [0.5, 0.6) is 0 Å². The van der Waals surface area contributed by atoms with Crippen molar-refractivity contribution in [3.05, 3.63) is 63.5 Å². The second-order valence-corrected chi connectivity index (χ2v) is 4.42. The molecule has 0 fully saturated rings. The first-order valence-corrected chi connectivity index (χ1v) is 5.97. The molecule has 0 aliphatic heterocycles. The van der Waals surface area contributed by atoms with Gasteiger partial charge in [0.05, 0.1) is 4.92 Å². The van der Waals surface area contributed by atoms with Gasteiger partial charge in [-0.1, -0.05) is 6.07 Å². The predicted octanol–water partition coefficient (Wildman–Crippen LogP) is 3.22. The normalized spacial score (nSPS) is 10.2. The van der Waals surface area contributed by atoms with E-state index in [0.717, 1.165) is 22.5 Å². The highest BCUT2D eigenvalue weighted by Gasteiger charge is 2.07. The largest absolute Gasteiger partial charge is 0.381 e. The third-order valence-corrected chi connectivity index (χ3v) is 2.88. The van der Waals surface area contributed by atoms with Crippen molar-refractivity contribution >= 4 is 11.4 Å². The molecule has 1 aromatic heterocycles. The van der Waals surface area contributed by atoms with E-state index in [1.165, 1.54) is 6.07 Å². The van der Waals surface area contributed by atoms with E-state index in [2.05, 4.69) is 10.3 Å². The van der Waals surface area contributed by atoms with Crippen LogP contribution >= 0.6 is 0 Å². The van der Waals surface area contributed by atoms with Crippen molar-refractivity contribution in [2.24, 2.45) is 0 Å². The van der Waals surface area contributed by atoms with Crippen LogP contribution in [-0.2, 0) is 6.54 Å². The average Bonchev–Trinajstić information content (AvgIpc) is 2.39. The molecule has 0 atom stereocenters. The maximum absolute atomic E-state index is 10.7. The topological polar surface area (TPSA) is 68.1 Å². The van der Waals surface area contributed by atoms with Crippen LogP contribution in [0, 0.1) is 24.0 Å². The van der Waals surface area contributed by atoms with E-state index >= 15 is 0 Å². The summed E-state index contributed by atoms with van der Waals surface area (Å²) in [6, 6.07) is 8.77. The molecule has 98 valence electrons. The Balaban J connectivity index is 2.07. The third-order valence-electron chi connectivity index (χ3n) is 2.88. The zero-order valence-corrected chi connectivity index (χ0v) is 10.9. The Morgan fingerprint density at radius 2 is 2.05 bits per heavy atom. The molecule has 5 nitrogen and oxygen atoms in total. The molecule has 0 unspecified atom stereocenters. The van der Waals surface area contributed by atoms with E-state index in [-0.39, 0.29) is 10.6 Å². The van der Waals surface area contributed by atoms with Gasteiger partial charge in [-0.15, -0.1) is 0 Å². The first kappa shape index (κ1) is 13.0. The lowest BCUT2D eigenvalue weighted by Crippen LogP contribution is -2.02. The molecule has 0 radical (unpaired) electrons. The second kappa shape index (κ2) is 5.48. The van der Waals surface area contributed by atoms with Gasteiger partial charge in [0.2, 0.25) is 0 Å². The molecule has 0 amide bonds. The zero-order chi connectivity index (χ0) is 13.8. The molecular formula is C14H15N3O2. The molecule has 2 rings (SSSR count). The molecule has 0 saturated carbocycles. The summed E-state index contributed by atoms with van der Waals surface area (Å²) >= 11 is 0. The minimum atomic E-state index is -0.388. The van der Waals surface area contributed by atoms with E-state index in [1.54, 1.807) is 12.1 Å². The summed E-state index contributed by atoms with van der Waals surface area (Å²) < 4.78 is 0. The Hall–Kier alpha value is -2.43. The van der Waals surface area contributed by atoms with Crippen LogP contribution < -0.4 is 5.32 Å². The lowest BCUT2D eigenvalue weighted by atomic mass is 10.1. The van der Waals surface area contributed by atoms with Gasteiger partial charge >= 0.3 is 0 Å². The second-order valence-electron chi connectivity index (χ2n) is 4.42. The number of aromatic nitrogens is 1. The van der Waals surface area contributed by atoms with Gasteiger partial charge in [-0.3, -0.25) is 15.1 Å². The van der Waals surface area contributed by atoms with Gasteiger partial charge in [-0.05, 0) is 37.1 Å². The van der Waals surface area contributed by atoms with Crippen molar-refractivity contribution in [1.29, 1.82) is 0 Å². The SMILES string of the molecule is Cc1ccc(CNc2ccc([N+](=O)[O-])cc2C)cn1. The number of non-ortho nitro benzene ring substituents is 1. The lowest BCUT2D eigenvalue weighted by Gasteiger charge is -2.09. The summed E-state index contributed by atoms with van der Waals surface area (Å²) in [5.74, 6) is 0. The fraction of sp³-hybridized carbons (Fsp3) is 0.214. The summed E-state index contributed by atoms with van der Waals surface area (Å²) in [4.78, 5) is 14.5. The predicted molar refractivity (Wildman–Crippen MR) is 74.1 cm³/mol. The van der Waals surface area contributed by atoms with Crippen LogP contribution in [0.2, 0.25) is 0 Å². The summed E-state index contributed by atoms with van der Waals surface area (Å²) in [6.45, 7) is 4.44. The Labute approximate surface area is 111 Å². The van der Waals surface area contributed by atoms with Crippen molar-refractivity contribution in [1.82, 2.24) is 4.98 Å². The first-order chi connectivity index (χ1) is 9.06. The van der Waals surface area contributed by atoms with Crippen molar-refractivity contribution < 1.29 is 4.92 Å². The monoisotopic (exact) mass is 257 g/mol. The maximum atomic E-state index is 10.7. The van der Waals surface area contributed by atoms with Crippen LogP contribution in [0.25, 0.3) is 0 Å². The molecule has 0 spiro atoms. The number of hydrogen-bond acceptors (Lipinski definition) is 4. The standard InChI is InChI=1S/C14H15N3O2/c1-10-7-13(17(18)19)5-6-14(10)16-9-12-4-3-11(2)15-8-12/h3-8,16H,9H2,1-2H3. The summed E-state index contributed by atoms with van der Waals surface area (Å²) in [6.07, 6.45) is 1.82. The van der Waals surface area contributed by atoms with Gasteiger partial charge in [-0.2, -0.15) is 0 Å². The van der Waals surface area contributed by atoms with Crippen LogP contribution in [0.15, 0.2) is 36.5 Å². The average molecular weight is 257 g/mol. The van der Waals surface area contributed by atoms with Gasteiger partial charge in [-0.25, -0.2) is 0 Å². The molecule has 5 heteroatoms. The summed E-state index contributed by atoms with van der Waals surface area (Å²) in [5, 5.41) is 13.9. The number of benzene rings is 1. The van der Waals surface area contributed by atoms with Crippen molar-refractivity contribution in [3.63, 3.8) is 0 Å². The molecule has 0 aliphatic carbocycles. The van der Waals surface area contributed by atoms with Crippen molar-refractivity contribution in [2.75, 3.05) is 5.32 Å². The van der Waals surface area contributed by atoms with Crippen molar-refractivity contribution in [2.45, 2.75) is 20.4 Å². The highest BCUT2D eigenvalue weighted by Crippen LogP contribution is 2.21. The van der Waals surface area contributed by atoms with Gasteiger partial charge in [0.1, 0.15) is 0 Å². The minimum Gasteiger partial charge on any atom is -0.381 e. The minimum absolute atomic E-state index is 0.111. The van der Waals surface area contributed by atoms with E-state index in [9.17, 15) is 10.1 Å². The van der Waals surface area contributed by atoms with E-state index in [1.807, 2.05) is 32.2 Å². The van der Waals surface area contributed by atoms with Crippen LogP contribution in [0.3, 0.4) is 0 Å². The van der Waals surface area contributed by atoms with Gasteiger partial charge in [0, 0.05) is 36.3 Å². The van der Waals surface area contributed by atoms with Gasteiger partial charge < -0.3 is 5.32 Å². The highest BCUT2D eigenvalue weighted by atomic mass is 16.6. The maximum Gasteiger partial charge on any atom is 0.269 e. The number of nitro benzene ring substituents is 1. The molecule has 2 aromatic rings. The third kappa shape index (κ3) is 3.28. The fourth-order valence-corrected chi connectivity index (χ4v) is 1.76. The lowest BCUT2D eigenvalue weighted by molar-refractivity contribution is -0.384. The number of hydrogen-bond donors (Lipinski definition) is 1. The number of anilines is 1. The number of nitrogens with zero attached hydrogens (tertiary/aromatic N) is 2. The fourth-order valence-electron chi connectivity index (χ4n) is 1.76. The van der Waals surface area contributed by atoms with Gasteiger partial charge in [0.25, 0.3) is 5.69 Å². The number of pyridine rings is 1.